The van der Waals surface area contributed by atoms with Gasteiger partial charge in [-0.15, -0.1) is 0 Å². The number of aliphatic hydroxyl groups is 1. The number of amides is 1. The number of hydrogen-bond acceptors (Lipinski definition) is 5. The van der Waals surface area contributed by atoms with Crippen molar-refractivity contribution in [1.82, 2.24) is 5.48 Å². The number of hydrogen-bond donors (Lipinski definition) is 3. The number of benzene rings is 1. The van der Waals surface area contributed by atoms with E-state index in [1.807, 2.05) is 0 Å². The zero-order valence-corrected chi connectivity index (χ0v) is 30.9. The maximum atomic E-state index is 14.8. The molecular weight excluding hydrogens is 829 g/mol. The number of carbonyl (C=O) groups excluding carboxylic acids is 1. The minimum atomic E-state index is -8.68. The van der Waals surface area contributed by atoms with Crippen LogP contribution in [0.25, 0.3) is 0 Å². The van der Waals surface area contributed by atoms with Gasteiger partial charge in [0.2, 0.25) is 0 Å². The third-order valence-electron chi connectivity index (χ3n) is 8.81. The van der Waals surface area contributed by atoms with E-state index in [1.54, 1.807) is 6.92 Å². The van der Waals surface area contributed by atoms with Gasteiger partial charge in [-0.25, -0.2) is 5.48 Å². The van der Waals surface area contributed by atoms with Crippen molar-refractivity contribution < 1.29 is 98.9 Å². The Labute approximate surface area is 309 Å². The van der Waals surface area contributed by atoms with Crippen LogP contribution in [0.5, 0.6) is 5.75 Å². The zero-order valence-electron chi connectivity index (χ0n) is 29.9. The number of carbonyl (C=O) groups is 1. The largest absolute Gasteiger partial charge is 0.491 e. The number of ether oxygens (including phenoxy) is 1. The second kappa shape index (κ2) is 17.8. The van der Waals surface area contributed by atoms with Crippen molar-refractivity contribution in [2.45, 2.75) is 118 Å². The highest BCUT2D eigenvalue weighted by molar-refractivity contribution is 6.76. The summed E-state index contributed by atoms with van der Waals surface area (Å²) in [7, 11) is -3.95. The van der Waals surface area contributed by atoms with Gasteiger partial charge < -0.3 is 14.3 Å². The van der Waals surface area contributed by atoms with E-state index in [9.17, 15) is 84.5 Å². The highest BCUT2D eigenvalue weighted by Crippen LogP contribution is 2.64. The second-order valence-electron chi connectivity index (χ2n) is 13.2. The quantitative estimate of drug-likeness (QED) is 0.0218. The average Bonchev–Trinajstić information content (AvgIpc) is 3.06. The summed E-state index contributed by atoms with van der Waals surface area (Å²) in [6.07, 6.45) is -7.45. The predicted octanol–water partition coefficient (Wildman–Crippen LogP) is 10.7. The van der Waals surface area contributed by atoms with E-state index in [-0.39, 0.29) is 18.8 Å². The van der Waals surface area contributed by atoms with Gasteiger partial charge in [0.05, 0.1) is 12.7 Å². The van der Waals surface area contributed by atoms with E-state index < -0.39 is 98.1 Å². The Bertz CT molecular complexity index is 1510. The summed E-state index contributed by atoms with van der Waals surface area (Å²) >= 11 is 0. The summed E-state index contributed by atoms with van der Waals surface area (Å²) in [4.78, 5) is 11.0. The van der Waals surface area contributed by atoms with Crippen LogP contribution in [0.15, 0.2) is 48.1 Å². The maximum absolute atomic E-state index is 14.8. The SMILES string of the molecule is C/C(=C\C=C\C(=O)NO)C[C@@H](O)c1ccc(OCCO[Si](CCC(F)(F)C(F)(F)C(F)(F)C(F)(F)C(F)(F)C(F)(F)C(F)(F)C(F)(F)F)(C(C)C)C(C)C)cc1. The van der Waals surface area contributed by atoms with Gasteiger partial charge in [0.25, 0.3) is 5.91 Å². The molecule has 0 aliphatic carbocycles. The molecule has 0 bridgehead atoms. The van der Waals surface area contributed by atoms with Gasteiger partial charge in [-0.1, -0.05) is 57.6 Å². The topological polar surface area (TPSA) is 88.0 Å². The molecule has 0 aromatic heterocycles. The van der Waals surface area contributed by atoms with Crippen molar-refractivity contribution in [2.24, 2.45) is 0 Å². The molecule has 0 aliphatic rings. The van der Waals surface area contributed by atoms with Crippen LogP contribution in [0.2, 0.25) is 17.1 Å². The summed E-state index contributed by atoms with van der Waals surface area (Å²) in [6, 6.07) is 4.37. The molecule has 6 nitrogen and oxygen atoms in total. The molecule has 0 heterocycles. The number of rotatable bonds is 21. The number of allylic oxidation sites excluding steroid dienone is 2. The van der Waals surface area contributed by atoms with Gasteiger partial charge in [0, 0.05) is 12.5 Å². The number of nitrogens with one attached hydrogen (secondary N) is 1. The molecule has 0 aliphatic heterocycles. The Morgan fingerprint density at radius 1 is 0.732 bits per heavy atom. The molecule has 0 fully saturated rings. The molecule has 24 heteroatoms. The lowest BCUT2D eigenvalue weighted by molar-refractivity contribution is -0.461. The molecule has 1 amide bonds. The van der Waals surface area contributed by atoms with Crippen molar-refractivity contribution >= 4 is 14.2 Å². The van der Waals surface area contributed by atoms with Crippen LogP contribution in [0.4, 0.5) is 74.6 Å². The van der Waals surface area contributed by atoms with Gasteiger partial charge in [-0.3, -0.25) is 10.0 Å². The lowest BCUT2D eigenvalue weighted by Gasteiger charge is -2.44. The molecule has 0 unspecified atom stereocenters. The first kappa shape index (κ1) is 50.9. The van der Waals surface area contributed by atoms with E-state index in [1.165, 1.54) is 69.6 Å². The Hall–Kier alpha value is -3.12. The predicted molar refractivity (Wildman–Crippen MR) is 166 cm³/mol. The van der Waals surface area contributed by atoms with Gasteiger partial charge in [-0.2, -0.15) is 74.6 Å². The highest BCUT2D eigenvalue weighted by atomic mass is 28.4. The lowest BCUT2D eigenvalue weighted by Crippen LogP contribution is -2.74. The maximum Gasteiger partial charge on any atom is 0.460 e. The Balaban J connectivity index is 3.18. The molecule has 3 N–H and O–H groups in total. The molecule has 0 saturated heterocycles. The van der Waals surface area contributed by atoms with E-state index in [0.717, 1.165) is 6.08 Å². The normalized spacial score (nSPS) is 15.6. The van der Waals surface area contributed by atoms with E-state index >= 15 is 0 Å². The van der Waals surface area contributed by atoms with Gasteiger partial charge in [0.15, 0.2) is 8.32 Å². The molecule has 1 rings (SSSR count). The first-order valence-corrected chi connectivity index (χ1v) is 18.4. The molecule has 0 saturated carbocycles. The Morgan fingerprint density at radius 3 is 1.61 bits per heavy atom. The summed E-state index contributed by atoms with van der Waals surface area (Å²) in [6.45, 7) is 6.04. The van der Waals surface area contributed by atoms with Crippen molar-refractivity contribution in [1.29, 1.82) is 0 Å². The standard InChI is InChI=1S/C32H38F17NO5Si/c1-18(2)56(19(3)4,55-15-14-54-22-11-9-21(10-12-22)23(51)17-20(5)7-6-8-24(52)50-53)16-13-25(33,34)26(35,36)27(37,38)28(39,40)29(41,42)30(43,44)31(45,46)32(47,48)49/h6-12,18-19,23,51,53H,13-17H2,1-5H3,(H,50,52)/b8-6+,20-7+/t23-/m1/s1. The third kappa shape index (κ3) is 9.93. The summed E-state index contributed by atoms with van der Waals surface area (Å²) in [5.74, 6) is -57.3. The van der Waals surface area contributed by atoms with Crippen LogP contribution in [-0.4, -0.2) is 85.4 Å². The first-order chi connectivity index (χ1) is 25.1. The molecule has 1 atom stereocenters. The molecule has 0 radical (unpaired) electrons. The Morgan fingerprint density at radius 2 is 1.18 bits per heavy atom. The Kier molecular flexibility index (Phi) is 16.2. The van der Waals surface area contributed by atoms with Crippen LogP contribution >= 0.6 is 0 Å². The molecule has 1 aromatic carbocycles. The van der Waals surface area contributed by atoms with Crippen molar-refractivity contribution in [3.8, 4) is 5.75 Å². The van der Waals surface area contributed by atoms with Crippen LogP contribution in [0, 0.1) is 0 Å². The fourth-order valence-electron chi connectivity index (χ4n) is 5.36. The van der Waals surface area contributed by atoms with E-state index in [2.05, 4.69) is 0 Å². The zero-order chi connectivity index (χ0) is 44.1. The van der Waals surface area contributed by atoms with Crippen molar-refractivity contribution in [3.63, 3.8) is 0 Å². The van der Waals surface area contributed by atoms with Crippen LogP contribution < -0.4 is 10.2 Å². The smallest absolute Gasteiger partial charge is 0.460 e. The minimum absolute atomic E-state index is 0.116. The monoisotopic (exact) mass is 867 g/mol. The molecule has 56 heavy (non-hydrogen) atoms. The average molecular weight is 868 g/mol. The van der Waals surface area contributed by atoms with Crippen molar-refractivity contribution in [3.05, 3.63) is 53.6 Å². The summed E-state index contributed by atoms with van der Waals surface area (Å²) in [5, 5.41) is 18.9. The first-order valence-electron chi connectivity index (χ1n) is 16.1. The number of alkyl halides is 17. The van der Waals surface area contributed by atoms with Crippen molar-refractivity contribution in [2.75, 3.05) is 13.2 Å². The van der Waals surface area contributed by atoms with Gasteiger partial charge in [-0.05, 0) is 48.2 Å². The third-order valence-corrected chi connectivity index (χ3v) is 14.5. The van der Waals surface area contributed by atoms with Crippen LogP contribution in [-0.2, 0) is 9.22 Å². The summed E-state index contributed by atoms with van der Waals surface area (Å²) in [5.41, 5.74) is 0.706. The second-order valence-corrected chi connectivity index (χ2v) is 18.3. The van der Waals surface area contributed by atoms with Gasteiger partial charge >= 0.3 is 47.6 Å². The van der Waals surface area contributed by atoms with E-state index in [4.69, 9.17) is 14.4 Å². The molecule has 0 spiro atoms. The molecule has 1 aromatic rings. The molecular formula is C32H38F17NO5Si. The van der Waals surface area contributed by atoms with Crippen LogP contribution in [0.3, 0.4) is 0 Å². The fourth-order valence-corrected chi connectivity index (χ4v) is 9.83. The number of hydroxylamine groups is 1. The summed E-state index contributed by atoms with van der Waals surface area (Å²) < 4.78 is 245. The lowest BCUT2D eigenvalue weighted by atomic mass is 9.88. The minimum Gasteiger partial charge on any atom is -0.491 e. The van der Waals surface area contributed by atoms with E-state index in [0.29, 0.717) is 11.1 Å². The molecule has 324 valence electrons. The number of aliphatic hydroxyl groups excluding tert-OH is 1. The van der Waals surface area contributed by atoms with Gasteiger partial charge in [0.1, 0.15) is 12.4 Å². The highest BCUT2D eigenvalue weighted by Gasteiger charge is 2.95. The van der Waals surface area contributed by atoms with Crippen LogP contribution in [0.1, 0.15) is 59.1 Å². The number of halogens is 17. The fraction of sp³-hybridized carbons (Fsp3) is 0.656.